The molecule has 3 aromatic heterocycles. The van der Waals surface area contributed by atoms with E-state index >= 15 is 0 Å². The smallest absolute Gasteiger partial charge is 0.157 e. The van der Waals surface area contributed by atoms with Crippen LogP contribution >= 0.6 is 11.3 Å². The number of hydrogen-bond donors (Lipinski definition) is 1. The van der Waals surface area contributed by atoms with Gasteiger partial charge in [0.15, 0.2) is 5.65 Å². The minimum absolute atomic E-state index is 0.0995. The predicted molar refractivity (Wildman–Crippen MR) is 119 cm³/mol. The van der Waals surface area contributed by atoms with Crippen molar-refractivity contribution in [2.75, 3.05) is 12.4 Å². The zero-order chi connectivity index (χ0) is 20.4. The Morgan fingerprint density at radius 3 is 2.72 bits per heavy atom. The van der Waals surface area contributed by atoms with Crippen LogP contribution in [-0.4, -0.2) is 27.0 Å². The number of fused-ring (bicyclic) bond motifs is 1. The molecule has 0 saturated heterocycles. The van der Waals surface area contributed by atoms with E-state index in [1.54, 1.807) is 30.8 Å². The van der Waals surface area contributed by atoms with Gasteiger partial charge in [-0.05, 0) is 45.0 Å². The SMILES string of the molecule is COc1ccccc1C#Cc1ccc(-c2nc3cnccn3c2NC(C)(C)C)s1. The molecule has 4 rings (SSSR count). The van der Waals surface area contributed by atoms with Crippen molar-refractivity contribution in [1.29, 1.82) is 0 Å². The van der Waals surface area contributed by atoms with Crippen LogP contribution in [0.15, 0.2) is 55.0 Å². The van der Waals surface area contributed by atoms with E-state index in [1.165, 1.54) is 0 Å². The summed E-state index contributed by atoms with van der Waals surface area (Å²) in [6, 6.07) is 11.9. The average Bonchev–Trinajstić information content (AvgIpc) is 3.30. The van der Waals surface area contributed by atoms with Crippen LogP contribution in [0.3, 0.4) is 0 Å². The summed E-state index contributed by atoms with van der Waals surface area (Å²) < 4.78 is 7.41. The zero-order valence-corrected chi connectivity index (χ0v) is 17.7. The highest BCUT2D eigenvalue weighted by Gasteiger charge is 2.20. The Bertz CT molecular complexity index is 1220. The number of methoxy groups -OCH3 is 1. The van der Waals surface area contributed by atoms with Gasteiger partial charge in [-0.3, -0.25) is 9.38 Å². The molecule has 1 aromatic carbocycles. The van der Waals surface area contributed by atoms with Gasteiger partial charge in [-0.15, -0.1) is 11.3 Å². The number of thiophene rings is 1. The van der Waals surface area contributed by atoms with Crippen LogP contribution < -0.4 is 10.1 Å². The van der Waals surface area contributed by atoms with Crippen LogP contribution in [0.5, 0.6) is 5.75 Å². The molecule has 5 nitrogen and oxygen atoms in total. The molecule has 1 N–H and O–H groups in total. The van der Waals surface area contributed by atoms with E-state index < -0.39 is 0 Å². The molecule has 146 valence electrons. The van der Waals surface area contributed by atoms with Crippen LogP contribution in [0.4, 0.5) is 5.82 Å². The van der Waals surface area contributed by atoms with Gasteiger partial charge in [-0.2, -0.15) is 0 Å². The molecule has 0 saturated carbocycles. The summed E-state index contributed by atoms with van der Waals surface area (Å²) in [5.41, 5.74) is 2.49. The molecule has 0 radical (unpaired) electrons. The number of ether oxygens (including phenoxy) is 1. The number of aromatic nitrogens is 3. The Morgan fingerprint density at radius 1 is 1.10 bits per heavy atom. The van der Waals surface area contributed by atoms with Crippen LogP contribution in [0.25, 0.3) is 16.2 Å². The third-order valence-corrected chi connectivity index (χ3v) is 5.20. The molecule has 0 aliphatic rings. The molecule has 0 amide bonds. The fraction of sp³-hybridized carbons (Fsp3) is 0.217. The standard InChI is InChI=1S/C23H22N4OS/c1-23(2,3)26-22-21(25-20-15-24-13-14-27(20)22)19-12-11-17(29-19)10-9-16-7-5-6-8-18(16)28-4/h5-8,11-15,26H,1-4H3. The first-order valence-electron chi connectivity index (χ1n) is 9.30. The zero-order valence-electron chi connectivity index (χ0n) is 16.9. The Hall–Kier alpha value is -3.30. The minimum atomic E-state index is -0.0995. The second-order valence-electron chi connectivity index (χ2n) is 7.60. The summed E-state index contributed by atoms with van der Waals surface area (Å²) in [4.78, 5) is 11.0. The van der Waals surface area contributed by atoms with Gasteiger partial charge in [0.25, 0.3) is 0 Å². The van der Waals surface area contributed by atoms with Crippen molar-refractivity contribution in [2.24, 2.45) is 0 Å². The number of rotatable bonds is 3. The normalized spacial score (nSPS) is 11.2. The summed E-state index contributed by atoms with van der Waals surface area (Å²) in [7, 11) is 1.66. The third kappa shape index (κ3) is 4.10. The molecule has 3 heterocycles. The molecule has 0 spiro atoms. The lowest BCUT2D eigenvalue weighted by Crippen LogP contribution is -2.27. The molecule has 0 fully saturated rings. The van der Waals surface area contributed by atoms with Gasteiger partial charge in [0, 0.05) is 17.9 Å². The lowest BCUT2D eigenvalue weighted by atomic mass is 10.1. The Kier molecular flexibility index (Phi) is 4.99. The molecule has 0 aliphatic heterocycles. The summed E-state index contributed by atoms with van der Waals surface area (Å²) in [5, 5.41) is 3.58. The summed E-state index contributed by atoms with van der Waals surface area (Å²) in [5.74, 6) is 8.20. The van der Waals surface area contributed by atoms with Gasteiger partial charge in [0.2, 0.25) is 0 Å². The van der Waals surface area contributed by atoms with Crippen molar-refractivity contribution in [3.8, 4) is 28.2 Å². The summed E-state index contributed by atoms with van der Waals surface area (Å²) in [6.07, 6.45) is 5.47. The highest BCUT2D eigenvalue weighted by atomic mass is 32.1. The van der Waals surface area contributed by atoms with E-state index in [4.69, 9.17) is 9.72 Å². The Morgan fingerprint density at radius 2 is 1.93 bits per heavy atom. The van der Waals surface area contributed by atoms with Crippen molar-refractivity contribution >= 4 is 22.8 Å². The van der Waals surface area contributed by atoms with Gasteiger partial charge >= 0.3 is 0 Å². The first-order valence-corrected chi connectivity index (χ1v) is 10.1. The molecule has 0 unspecified atom stereocenters. The molecule has 0 atom stereocenters. The van der Waals surface area contributed by atoms with Gasteiger partial charge in [-0.25, -0.2) is 4.98 Å². The number of nitrogens with zero attached hydrogens (tertiary/aromatic N) is 3. The lowest BCUT2D eigenvalue weighted by molar-refractivity contribution is 0.413. The largest absolute Gasteiger partial charge is 0.495 e. The van der Waals surface area contributed by atoms with Crippen molar-refractivity contribution in [3.05, 3.63) is 65.4 Å². The molecule has 0 aliphatic carbocycles. The maximum Gasteiger partial charge on any atom is 0.157 e. The van der Waals surface area contributed by atoms with E-state index in [2.05, 4.69) is 49.0 Å². The maximum absolute atomic E-state index is 5.38. The fourth-order valence-corrected chi connectivity index (χ4v) is 3.81. The van der Waals surface area contributed by atoms with Gasteiger partial charge in [-0.1, -0.05) is 24.0 Å². The first kappa shape index (κ1) is 19.0. The quantitative estimate of drug-likeness (QED) is 0.486. The van der Waals surface area contributed by atoms with Crippen molar-refractivity contribution in [2.45, 2.75) is 26.3 Å². The molecule has 4 aromatic rings. The minimum Gasteiger partial charge on any atom is -0.495 e. The fourth-order valence-electron chi connectivity index (χ4n) is 2.96. The lowest BCUT2D eigenvalue weighted by Gasteiger charge is -2.22. The van der Waals surface area contributed by atoms with Crippen molar-refractivity contribution in [3.63, 3.8) is 0 Å². The van der Waals surface area contributed by atoms with Crippen LogP contribution in [0, 0.1) is 11.8 Å². The van der Waals surface area contributed by atoms with E-state index in [0.29, 0.717) is 0 Å². The van der Waals surface area contributed by atoms with Gasteiger partial charge in [0.1, 0.15) is 17.3 Å². The van der Waals surface area contributed by atoms with E-state index in [-0.39, 0.29) is 5.54 Å². The molecule has 6 heteroatoms. The van der Waals surface area contributed by atoms with E-state index in [0.717, 1.165) is 38.2 Å². The predicted octanol–water partition coefficient (Wildman–Crippen LogP) is 5.08. The summed E-state index contributed by atoms with van der Waals surface area (Å²) in [6.45, 7) is 6.40. The molecular weight excluding hydrogens is 380 g/mol. The highest BCUT2D eigenvalue weighted by molar-refractivity contribution is 7.16. The highest BCUT2D eigenvalue weighted by Crippen LogP contribution is 2.34. The third-order valence-electron chi connectivity index (χ3n) is 4.19. The Balaban J connectivity index is 1.73. The first-order chi connectivity index (χ1) is 13.9. The van der Waals surface area contributed by atoms with Crippen molar-refractivity contribution in [1.82, 2.24) is 14.4 Å². The number of hydrogen-bond acceptors (Lipinski definition) is 5. The van der Waals surface area contributed by atoms with Crippen LogP contribution in [0.1, 0.15) is 31.2 Å². The maximum atomic E-state index is 5.38. The average molecular weight is 403 g/mol. The second-order valence-corrected chi connectivity index (χ2v) is 8.69. The number of benzene rings is 1. The summed E-state index contributed by atoms with van der Waals surface area (Å²) >= 11 is 1.62. The topological polar surface area (TPSA) is 51.5 Å². The number of anilines is 1. The molecular formula is C23H22N4OS. The van der Waals surface area contributed by atoms with Gasteiger partial charge in [0.05, 0.1) is 28.6 Å². The van der Waals surface area contributed by atoms with Crippen LogP contribution in [0.2, 0.25) is 0 Å². The number of para-hydroxylation sites is 1. The molecule has 29 heavy (non-hydrogen) atoms. The second kappa shape index (κ2) is 7.61. The Labute approximate surface area is 174 Å². The van der Waals surface area contributed by atoms with Crippen molar-refractivity contribution < 1.29 is 4.74 Å². The van der Waals surface area contributed by atoms with Crippen LogP contribution in [-0.2, 0) is 0 Å². The van der Waals surface area contributed by atoms with E-state index in [1.807, 2.05) is 40.9 Å². The monoisotopic (exact) mass is 402 g/mol. The molecule has 0 bridgehead atoms. The number of imidazole rings is 1. The van der Waals surface area contributed by atoms with E-state index in [9.17, 15) is 0 Å². The van der Waals surface area contributed by atoms with Gasteiger partial charge < -0.3 is 10.1 Å². The number of nitrogens with one attached hydrogen (secondary N) is 1.